The van der Waals surface area contributed by atoms with Gasteiger partial charge in [-0.25, -0.2) is 9.48 Å². The van der Waals surface area contributed by atoms with Crippen LogP contribution < -0.4 is 10.6 Å². The number of aryl methyl sites for hydroxylation is 1. The molecule has 2 aliphatic heterocycles. The highest BCUT2D eigenvalue weighted by Gasteiger charge is 2.43. The molecule has 0 spiro atoms. The lowest BCUT2D eigenvalue weighted by Gasteiger charge is -2.39. The van der Waals surface area contributed by atoms with E-state index in [9.17, 15) is 9.59 Å². The van der Waals surface area contributed by atoms with Gasteiger partial charge in [-0.05, 0) is 98.4 Å². The van der Waals surface area contributed by atoms with E-state index >= 15 is 0 Å². The zero-order valence-corrected chi connectivity index (χ0v) is 28.6. The van der Waals surface area contributed by atoms with E-state index in [0.29, 0.717) is 11.7 Å². The largest absolute Gasteiger partial charge is 0.333 e. The number of hydrogen-bond donors (Lipinski definition) is 2. The summed E-state index contributed by atoms with van der Waals surface area (Å²) in [7, 11) is 0. The Kier molecular flexibility index (Phi) is 8.60. The molecule has 246 valence electrons. The van der Waals surface area contributed by atoms with Gasteiger partial charge in [0, 0.05) is 45.8 Å². The Balaban J connectivity index is 0.986. The van der Waals surface area contributed by atoms with Crippen molar-refractivity contribution >= 4 is 35.0 Å². The number of urea groups is 1. The summed E-state index contributed by atoms with van der Waals surface area (Å²) in [5.74, 6) is 1.22. The Morgan fingerprint density at radius 2 is 1.65 bits per heavy atom. The number of carbonyl (C=O) groups is 2. The first-order valence-electron chi connectivity index (χ1n) is 16.7. The van der Waals surface area contributed by atoms with Gasteiger partial charge in [-0.3, -0.25) is 10.1 Å². The number of fused-ring (bicyclic) bond motifs is 2. The summed E-state index contributed by atoms with van der Waals surface area (Å²) in [6.07, 6.45) is 4.99. The molecule has 3 aromatic carbocycles. The van der Waals surface area contributed by atoms with Gasteiger partial charge in [0.2, 0.25) is 0 Å². The van der Waals surface area contributed by atoms with Gasteiger partial charge in [-0.1, -0.05) is 67.2 Å². The Morgan fingerprint density at radius 1 is 0.917 bits per heavy atom. The zero-order valence-electron chi connectivity index (χ0n) is 27.8. The van der Waals surface area contributed by atoms with Crippen molar-refractivity contribution < 1.29 is 9.59 Å². The van der Waals surface area contributed by atoms with Gasteiger partial charge in [-0.15, -0.1) is 5.10 Å². The lowest BCUT2D eigenvalue weighted by molar-refractivity contribution is 0.0524. The number of amides is 3. The topological polar surface area (TPSA) is 105 Å². The number of aromatic nitrogens is 4. The second-order valence-corrected chi connectivity index (χ2v) is 14.8. The molecule has 2 bridgehead atoms. The predicted molar refractivity (Wildman–Crippen MR) is 191 cm³/mol. The van der Waals surface area contributed by atoms with Gasteiger partial charge in [0.1, 0.15) is 11.5 Å². The minimum Gasteiger partial charge on any atom is -0.333 e. The first-order valence-corrected chi connectivity index (χ1v) is 17.5. The van der Waals surface area contributed by atoms with E-state index in [1.165, 1.54) is 17.1 Å². The monoisotopic (exact) mass is 659 g/mol. The third-order valence-corrected chi connectivity index (χ3v) is 10.1. The molecule has 0 radical (unpaired) electrons. The summed E-state index contributed by atoms with van der Waals surface area (Å²) in [6, 6.07) is 26.1. The van der Waals surface area contributed by atoms with Crippen molar-refractivity contribution in [2.45, 2.75) is 77.3 Å². The van der Waals surface area contributed by atoms with E-state index in [4.69, 9.17) is 5.10 Å². The number of anilines is 2. The average molecular weight is 660 g/mol. The smallest absolute Gasteiger partial charge is 0.324 e. The molecule has 0 saturated carbocycles. The maximum absolute atomic E-state index is 13.6. The molecule has 48 heavy (non-hydrogen) atoms. The fourth-order valence-corrected chi connectivity index (χ4v) is 7.58. The van der Waals surface area contributed by atoms with E-state index in [1.54, 1.807) is 4.68 Å². The summed E-state index contributed by atoms with van der Waals surface area (Å²) in [5.41, 5.74) is 7.23. The van der Waals surface area contributed by atoms with E-state index in [2.05, 4.69) is 58.0 Å². The van der Waals surface area contributed by atoms with Crippen LogP contribution in [0.3, 0.4) is 0 Å². The summed E-state index contributed by atoms with van der Waals surface area (Å²) >= 11 is 1.32. The molecule has 7 rings (SSSR count). The highest BCUT2D eigenvalue weighted by atomic mass is 32.1. The molecule has 10 heteroatoms. The summed E-state index contributed by atoms with van der Waals surface area (Å²) in [4.78, 5) is 29.0. The molecule has 2 atom stereocenters. The lowest BCUT2D eigenvalue weighted by atomic mass is 9.85. The van der Waals surface area contributed by atoms with Crippen LogP contribution >= 0.6 is 11.5 Å². The molecular formula is C38H41N7O2S. The van der Waals surface area contributed by atoms with Gasteiger partial charge in [0.05, 0.1) is 11.4 Å². The summed E-state index contributed by atoms with van der Waals surface area (Å²) in [5, 5.41) is 16.9. The number of carbonyl (C=O) groups excluding carboxylic acids is 2. The van der Waals surface area contributed by atoms with Crippen molar-refractivity contribution in [2.75, 3.05) is 10.6 Å². The fraction of sp³-hybridized carbons (Fsp3) is 0.342. The molecule has 2 fully saturated rings. The van der Waals surface area contributed by atoms with Crippen LogP contribution in [0.2, 0.25) is 0 Å². The second-order valence-electron chi connectivity index (χ2n) is 14.2. The minimum atomic E-state index is -0.318. The molecule has 5 aromatic rings. The van der Waals surface area contributed by atoms with Crippen LogP contribution in [0.4, 0.5) is 16.3 Å². The van der Waals surface area contributed by atoms with Gasteiger partial charge in [0.25, 0.3) is 5.91 Å². The first kappa shape index (κ1) is 31.8. The van der Waals surface area contributed by atoms with Gasteiger partial charge >= 0.3 is 6.03 Å². The molecule has 0 aliphatic carbocycles. The first-order chi connectivity index (χ1) is 23.1. The summed E-state index contributed by atoms with van der Waals surface area (Å²) in [6.45, 7) is 8.38. The predicted octanol–water partition coefficient (Wildman–Crippen LogP) is 8.27. The lowest BCUT2D eigenvalue weighted by Crippen LogP contribution is -2.46. The third-order valence-electron chi connectivity index (χ3n) is 9.56. The van der Waals surface area contributed by atoms with Crippen LogP contribution in [0.25, 0.3) is 16.9 Å². The standard InChI is InChI=1S/C38H41N7O2S/c1-24-8-14-30(15-9-24)45-35(22-34(42-45)38(2,3)4)40-37(47)39-29-7-5-6-25(19-29)18-26-20-31-16-17-32(21-26)44(31)36(46)28-12-10-27(11-13-28)33-23-48-43-41-33/h5-15,19,22-23,26,31-32H,16-18,20-21H2,1-4H3,(H2,39,40,47). The molecular weight excluding hydrogens is 619 g/mol. The van der Waals surface area contributed by atoms with Crippen LogP contribution in [-0.2, 0) is 11.8 Å². The summed E-state index contributed by atoms with van der Waals surface area (Å²) < 4.78 is 5.73. The quantitative estimate of drug-likeness (QED) is 0.183. The number of piperidine rings is 1. The molecule has 2 N–H and O–H groups in total. The number of nitrogens with zero attached hydrogens (tertiary/aromatic N) is 5. The van der Waals surface area contributed by atoms with Gasteiger partial charge < -0.3 is 10.2 Å². The van der Waals surface area contributed by atoms with E-state index in [0.717, 1.165) is 71.6 Å². The fourth-order valence-electron chi connectivity index (χ4n) is 7.12. The van der Waals surface area contributed by atoms with E-state index in [1.807, 2.05) is 79.0 Å². The molecule has 9 nitrogen and oxygen atoms in total. The maximum atomic E-state index is 13.6. The minimum absolute atomic E-state index is 0.124. The van der Waals surface area contributed by atoms with Crippen molar-refractivity contribution in [1.82, 2.24) is 24.3 Å². The van der Waals surface area contributed by atoms with Crippen molar-refractivity contribution in [3.8, 4) is 16.9 Å². The van der Waals surface area contributed by atoms with Crippen molar-refractivity contribution in [2.24, 2.45) is 5.92 Å². The number of rotatable bonds is 7. The Bertz CT molecular complexity index is 1900. The molecule has 2 aliphatic rings. The van der Waals surface area contributed by atoms with Gasteiger partial charge in [-0.2, -0.15) is 5.10 Å². The van der Waals surface area contributed by atoms with E-state index < -0.39 is 0 Å². The van der Waals surface area contributed by atoms with E-state index in [-0.39, 0.29) is 29.4 Å². The van der Waals surface area contributed by atoms with Crippen molar-refractivity contribution in [1.29, 1.82) is 0 Å². The third kappa shape index (κ3) is 6.75. The number of benzene rings is 3. The van der Waals surface area contributed by atoms with Crippen LogP contribution in [0.15, 0.2) is 84.2 Å². The molecule has 2 aromatic heterocycles. The van der Waals surface area contributed by atoms with Crippen LogP contribution in [0.1, 0.15) is 73.6 Å². The number of nitrogens with one attached hydrogen (secondary N) is 2. The second kappa shape index (κ2) is 13.0. The highest BCUT2D eigenvalue weighted by Crippen LogP contribution is 2.41. The van der Waals surface area contributed by atoms with Gasteiger partial charge in [0.15, 0.2) is 0 Å². The maximum Gasteiger partial charge on any atom is 0.324 e. The van der Waals surface area contributed by atoms with Crippen LogP contribution in [0, 0.1) is 12.8 Å². The molecule has 4 heterocycles. The Hall–Kier alpha value is -4.83. The molecule has 3 amide bonds. The Morgan fingerprint density at radius 3 is 2.31 bits per heavy atom. The van der Waals surface area contributed by atoms with Crippen LogP contribution in [-0.4, -0.2) is 48.3 Å². The van der Waals surface area contributed by atoms with Crippen molar-refractivity contribution in [3.05, 3.63) is 107 Å². The zero-order chi connectivity index (χ0) is 33.4. The highest BCUT2D eigenvalue weighted by molar-refractivity contribution is 7.03. The van der Waals surface area contributed by atoms with Crippen molar-refractivity contribution in [3.63, 3.8) is 0 Å². The normalized spacial score (nSPS) is 18.9. The average Bonchev–Trinajstić information content (AvgIpc) is 3.80. The Labute approximate surface area is 285 Å². The number of hydrogen-bond acceptors (Lipinski definition) is 6. The molecule has 2 unspecified atom stereocenters. The van der Waals surface area contributed by atoms with Crippen LogP contribution in [0.5, 0.6) is 0 Å². The SMILES string of the molecule is Cc1ccc(-n2nc(C(C)(C)C)cc2NC(=O)Nc2cccc(CC3CC4CCC(C3)N4C(=O)c3ccc(-c4csnn4)cc3)c2)cc1. The molecule has 2 saturated heterocycles.